The number of imidazole rings is 1. The summed E-state index contributed by atoms with van der Waals surface area (Å²) in [6.07, 6.45) is 6.03. The molecule has 0 amide bonds. The van der Waals surface area contributed by atoms with Gasteiger partial charge in [0.25, 0.3) is 0 Å². The molecule has 1 N–H and O–H groups in total. The molecular formula is C15H14FN3O2. The average molecular weight is 287 g/mol. The first-order chi connectivity index (χ1) is 10.1. The topological polar surface area (TPSA) is 58.4 Å². The van der Waals surface area contributed by atoms with Crippen molar-refractivity contribution in [1.29, 1.82) is 0 Å². The minimum atomic E-state index is -1.05. The van der Waals surface area contributed by atoms with Crippen molar-refractivity contribution in [3.05, 3.63) is 53.9 Å². The normalized spacial score (nSPS) is 14.4. The fourth-order valence-electron chi connectivity index (χ4n) is 2.43. The molecule has 0 radical (unpaired) electrons. The first-order valence-corrected chi connectivity index (χ1v) is 6.59. The second kappa shape index (κ2) is 5.40. The first kappa shape index (κ1) is 13.4. The maximum atomic E-state index is 14.2. The van der Waals surface area contributed by atoms with Gasteiger partial charge in [-0.3, -0.25) is 0 Å². The van der Waals surface area contributed by atoms with Gasteiger partial charge in [-0.25, -0.2) is 14.2 Å². The van der Waals surface area contributed by atoms with Gasteiger partial charge in [0.1, 0.15) is 11.6 Å². The van der Waals surface area contributed by atoms with Gasteiger partial charge in [0.2, 0.25) is 0 Å². The average Bonchev–Trinajstić information content (AvgIpc) is 2.92. The van der Waals surface area contributed by atoms with Crippen LogP contribution in [0.3, 0.4) is 0 Å². The molecule has 0 spiro atoms. The van der Waals surface area contributed by atoms with Crippen LogP contribution < -0.4 is 4.90 Å². The second-order valence-corrected chi connectivity index (χ2v) is 4.84. The number of nitrogens with zero attached hydrogens (tertiary/aromatic N) is 3. The highest BCUT2D eigenvalue weighted by Crippen LogP contribution is 2.24. The van der Waals surface area contributed by atoms with Gasteiger partial charge in [-0.1, -0.05) is 6.07 Å². The summed E-state index contributed by atoms with van der Waals surface area (Å²) in [5, 5.41) is 8.58. The van der Waals surface area contributed by atoms with Gasteiger partial charge in [-0.05, 0) is 23.8 Å². The highest BCUT2D eigenvalue weighted by atomic mass is 19.1. The molecule has 1 aliphatic rings. The molecule has 1 aromatic heterocycles. The molecule has 0 unspecified atom stereocenters. The van der Waals surface area contributed by atoms with Crippen molar-refractivity contribution in [3.8, 4) is 0 Å². The lowest BCUT2D eigenvalue weighted by atomic mass is 10.1. The molecule has 0 saturated carbocycles. The number of aliphatic carboxylic acids is 1. The predicted octanol–water partition coefficient (Wildman–Crippen LogP) is 2.14. The number of rotatable bonds is 3. The summed E-state index contributed by atoms with van der Waals surface area (Å²) in [5.41, 5.74) is 1.04. The Morgan fingerprint density at radius 1 is 1.38 bits per heavy atom. The van der Waals surface area contributed by atoms with Crippen molar-refractivity contribution in [3.63, 3.8) is 0 Å². The summed E-state index contributed by atoms with van der Waals surface area (Å²) in [6.45, 7) is 2.05. The van der Waals surface area contributed by atoms with Crippen LogP contribution in [0.15, 0.2) is 36.7 Å². The summed E-state index contributed by atoms with van der Waals surface area (Å²) in [6, 6.07) is 4.73. The number of aromatic nitrogens is 2. The Morgan fingerprint density at radius 3 is 3.00 bits per heavy atom. The van der Waals surface area contributed by atoms with Crippen LogP contribution in [0.1, 0.15) is 11.4 Å². The van der Waals surface area contributed by atoms with Crippen molar-refractivity contribution < 1.29 is 14.3 Å². The highest BCUT2D eigenvalue weighted by molar-refractivity contribution is 5.85. The molecule has 2 aromatic rings. The molecule has 0 saturated heterocycles. The Labute approximate surface area is 121 Å². The van der Waals surface area contributed by atoms with E-state index in [1.807, 2.05) is 11.1 Å². The lowest BCUT2D eigenvalue weighted by Crippen LogP contribution is -2.34. The molecule has 6 heteroatoms. The van der Waals surface area contributed by atoms with Gasteiger partial charge >= 0.3 is 5.97 Å². The van der Waals surface area contributed by atoms with Crippen LogP contribution in [0.2, 0.25) is 0 Å². The predicted molar refractivity (Wildman–Crippen MR) is 76.3 cm³/mol. The molecule has 0 aliphatic carbocycles. The Hall–Kier alpha value is -2.63. The molecular weight excluding hydrogens is 273 g/mol. The van der Waals surface area contributed by atoms with Crippen molar-refractivity contribution in [2.24, 2.45) is 0 Å². The van der Waals surface area contributed by atoms with Gasteiger partial charge in [-0.2, -0.15) is 0 Å². The van der Waals surface area contributed by atoms with Gasteiger partial charge in [-0.15, -0.1) is 0 Å². The smallest absolute Gasteiger partial charge is 0.328 e. The largest absolute Gasteiger partial charge is 0.478 e. The number of carbonyl (C=O) groups is 1. The van der Waals surface area contributed by atoms with E-state index in [-0.39, 0.29) is 5.82 Å². The van der Waals surface area contributed by atoms with Crippen molar-refractivity contribution in [2.45, 2.75) is 13.1 Å². The molecule has 0 bridgehead atoms. The summed E-state index contributed by atoms with van der Waals surface area (Å²) >= 11 is 0. The van der Waals surface area contributed by atoms with Crippen LogP contribution in [0, 0.1) is 5.82 Å². The van der Waals surface area contributed by atoms with Gasteiger partial charge in [0.15, 0.2) is 0 Å². The number of benzene rings is 1. The first-order valence-electron chi connectivity index (χ1n) is 6.59. The second-order valence-electron chi connectivity index (χ2n) is 4.84. The molecule has 3 rings (SSSR count). The molecule has 1 aromatic carbocycles. The van der Waals surface area contributed by atoms with Crippen molar-refractivity contribution >= 4 is 17.7 Å². The maximum Gasteiger partial charge on any atom is 0.328 e. The monoisotopic (exact) mass is 287 g/mol. The minimum Gasteiger partial charge on any atom is -0.478 e. The zero-order chi connectivity index (χ0) is 14.8. The Balaban J connectivity index is 1.82. The summed E-state index contributed by atoms with van der Waals surface area (Å²) in [7, 11) is 0. The van der Waals surface area contributed by atoms with Crippen molar-refractivity contribution in [1.82, 2.24) is 9.55 Å². The Bertz CT molecular complexity index is 709. The minimum absolute atomic E-state index is 0.359. The summed E-state index contributed by atoms with van der Waals surface area (Å²) < 4.78 is 16.3. The molecule has 0 fully saturated rings. The van der Waals surface area contributed by atoms with Crippen LogP contribution in [-0.4, -0.2) is 27.2 Å². The zero-order valence-corrected chi connectivity index (χ0v) is 11.2. The summed E-state index contributed by atoms with van der Waals surface area (Å²) in [5.74, 6) is -0.500. The number of fused-ring (bicyclic) bond motifs is 1. The lowest BCUT2D eigenvalue weighted by molar-refractivity contribution is -0.131. The fraction of sp³-hybridized carbons (Fsp3) is 0.200. The van der Waals surface area contributed by atoms with E-state index < -0.39 is 5.97 Å². The third kappa shape index (κ3) is 2.79. The third-order valence-electron chi connectivity index (χ3n) is 3.48. The van der Waals surface area contributed by atoms with Gasteiger partial charge < -0.3 is 14.6 Å². The van der Waals surface area contributed by atoms with Crippen LogP contribution in [0.4, 0.5) is 10.1 Å². The van der Waals surface area contributed by atoms with Gasteiger partial charge in [0.05, 0.1) is 12.2 Å². The number of halogens is 1. The molecule has 108 valence electrons. The van der Waals surface area contributed by atoms with E-state index in [1.165, 1.54) is 12.1 Å². The number of anilines is 1. The van der Waals surface area contributed by atoms with E-state index >= 15 is 0 Å². The number of carboxylic acid groups (broad SMARTS) is 1. The zero-order valence-electron chi connectivity index (χ0n) is 11.2. The summed E-state index contributed by atoms with van der Waals surface area (Å²) in [4.78, 5) is 16.6. The SMILES string of the molecule is O=C(O)C=Cc1ccc(N2CCn3ccnc3C2)c(F)c1. The molecule has 1 aliphatic heterocycles. The van der Waals surface area contributed by atoms with Crippen LogP contribution in [0.25, 0.3) is 6.08 Å². The third-order valence-corrected chi connectivity index (χ3v) is 3.48. The van der Waals surface area contributed by atoms with E-state index in [0.29, 0.717) is 24.3 Å². The van der Waals surface area contributed by atoms with Crippen LogP contribution in [-0.2, 0) is 17.9 Å². The molecule has 21 heavy (non-hydrogen) atoms. The van der Waals surface area contributed by atoms with E-state index in [2.05, 4.69) is 9.55 Å². The lowest BCUT2D eigenvalue weighted by Gasteiger charge is -2.29. The van der Waals surface area contributed by atoms with Gasteiger partial charge in [0, 0.05) is 31.6 Å². The van der Waals surface area contributed by atoms with E-state index in [1.54, 1.807) is 18.3 Å². The molecule has 5 nitrogen and oxygen atoms in total. The Kier molecular flexibility index (Phi) is 3.43. The number of hydrogen-bond donors (Lipinski definition) is 1. The van der Waals surface area contributed by atoms with E-state index in [4.69, 9.17) is 5.11 Å². The standard InChI is InChI=1S/C15H14FN3O2/c16-12-9-11(2-4-15(20)21)1-3-13(12)19-8-7-18-6-5-17-14(18)10-19/h1-6,9H,7-8,10H2,(H,20,21). The fourth-order valence-corrected chi connectivity index (χ4v) is 2.43. The van der Waals surface area contributed by atoms with Crippen molar-refractivity contribution in [2.75, 3.05) is 11.4 Å². The molecule has 0 atom stereocenters. The Morgan fingerprint density at radius 2 is 2.24 bits per heavy atom. The van der Waals surface area contributed by atoms with Crippen LogP contribution in [0.5, 0.6) is 0 Å². The quantitative estimate of drug-likeness (QED) is 0.879. The molecule has 2 heterocycles. The van der Waals surface area contributed by atoms with E-state index in [0.717, 1.165) is 18.4 Å². The maximum absolute atomic E-state index is 14.2. The van der Waals surface area contributed by atoms with E-state index in [9.17, 15) is 9.18 Å². The highest BCUT2D eigenvalue weighted by Gasteiger charge is 2.19. The van der Waals surface area contributed by atoms with Crippen LogP contribution >= 0.6 is 0 Å². The number of carboxylic acids is 1. The number of hydrogen-bond acceptors (Lipinski definition) is 3.